The first-order chi connectivity index (χ1) is 6.06. The van der Waals surface area contributed by atoms with E-state index in [0.717, 1.165) is 6.42 Å². The van der Waals surface area contributed by atoms with Gasteiger partial charge in [-0.1, -0.05) is 13.3 Å². The van der Waals surface area contributed by atoms with E-state index in [-0.39, 0.29) is 6.42 Å². The van der Waals surface area contributed by atoms with Gasteiger partial charge in [0.1, 0.15) is 0 Å². The number of nitrogens with one attached hydrogen (secondary N) is 1. The lowest BCUT2D eigenvalue weighted by Crippen LogP contribution is -2.34. The molecule has 78 valence electrons. The van der Waals surface area contributed by atoms with Gasteiger partial charge >= 0.3 is 5.97 Å². The van der Waals surface area contributed by atoms with Crippen LogP contribution in [0.25, 0.3) is 0 Å². The number of rotatable bonds is 7. The highest BCUT2D eigenvalue weighted by Gasteiger charge is 2.07. The second kappa shape index (κ2) is 6.89. The van der Waals surface area contributed by atoms with Crippen molar-refractivity contribution in [2.75, 3.05) is 0 Å². The third-order valence-corrected chi connectivity index (χ3v) is 2.08. The van der Waals surface area contributed by atoms with Crippen molar-refractivity contribution in [3.8, 4) is 0 Å². The van der Waals surface area contributed by atoms with Crippen LogP contribution in [0.3, 0.4) is 0 Å². The summed E-state index contributed by atoms with van der Waals surface area (Å²) in [7, 11) is 0. The number of carboxylic acid groups (broad SMARTS) is 1. The molecule has 0 aromatic heterocycles. The summed E-state index contributed by atoms with van der Waals surface area (Å²) < 4.78 is 0. The van der Waals surface area contributed by atoms with Gasteiger partial charge in [-0.3, -0.25) is 4.79 Å². The molecule has 2 atom stereocenters. The maximum atomic E-state index is 10.3. The SMILES string of the molecule is CCCC(C)NC(C)CCC(=O)O. The molecule has 0 aliphatic carbocycles. The molecule has 2 unspecified atom stereocenters. The van der Waals surface area contributed by atoms with Gasteiger partial charge < -0.3 is 10.4 Å². The van der Waals surface area contributed by atoms with Gasteiger partial charge in [-0.2, -0.15) is 0 Å². The summed E-state index contributed by atoms with van der Waals surface area (Å²) in [6.07, 6.45) is 3.29. The number of hydrogen-bond acceptors (Lipinski definition) is 2. The molecule has 0 aliphatic rings. The standard InChI is InChI=1S/C10H21NO2/c1-4-5-8(2)11-9(3)6-7-10(12)13/h8-9,11H,4-7H2,1-3H3,(H,12,13). The van der Waals surface area contributed by atoms with Crippen LogP contribution in [0.5, 0.6) is 0 Å². The Hall–Kier alpha value is -0.570. The van der Waals surface area contributed by atoms with Crippen LogP contribution in [0.4, 0.5) is 0 Å². The van der Waals surface area contributed by atoms with Crippen LogP contribution in [0.2, 0.25) is 0 Å². The van der Waals surface area contributed by atoms with Crippen LogP contribution in [0.1, 0.15) is 46.5 Å². The highest BCUT2D eigenvalue weighted by Crippen LogP contribution is 2.01. The number of carboxylic acids is 1. The zero-order valence-electron chi connectivity index (χ0n) is 8.84. The fourth-order valence-electron chi connectivity index (χ4n) is 1.43. The first kappa shape index (κ1) is 12.4. The Morgan fingerprint density at radius 3 is 2.31 bits per heavy atom. The van der Waals surface area contributed by atoms with E-state index < -0.39 is 5.97 Å². The van der Waals surface area contributed by atoms with Crippen molar-refractivity contribution in [3.63, 3.8) is 0 Å². The normalized spacial score (nSPS) is 15.3. The summed E-state index contributed by atoms with van der Waals surface area (Å²) in [6, 6.07) is 0.798. The van der Waals surface area contributed by atoms with Crippen LogP contribution in [0, 0.1) is 0 Å². The number of carbonyl (C=O) groups is 1. The molecule has 0 radical (unpaired) electrons. The lowest BCUT2D eigenvalue weighted by molar-refractivity contribution is -0.137. The Labute approximate surface area is 80.5 Å². The van der Waals surface area contributed by atoms with Crippen molar-refractivity contribution in [3.05, 3.63) is 0 Å². The quantitative estimate of drug-likeness (QED) is 0.641. The van der Waals surface area contributed by atoms with E-state index in [1.807, 2.05) is 6.92 Å². The molecule has 0 spiro atoms. The van der Waals surface area contributed by atoms with E-state index in [1.54, 1.807) is 0 Å². The lowest BCUT2D eigenvalue weighted by Gasteiger charge is -2.18. The van der Waals surface area contributed by atoms with Gasteiger partial charge in [-0.15, -0.1) is 0 Å². The van der Waals surface area contributed by atoms with Crippen LogP contribution in [-0.2, 0) is 4.79 Å². The van der Waals surface area contributed by atoms with Crippen LogP contribution < -0.4 is 5.32 Å². The molecule has 2 N–H and O–H groups in total. The summed E-state index contributed by atoms with van der Waals surface area (Å²) >= 11 is 0. The largest absolute Gasteiger partial charge is 0.481 e. The zero-order valence-corrected chi connectivity index (χ0v) is 8.84. The van der Waals surface area contributed by atoms with E-state index in [0.29, 0.717) is 18.5 Å². The molecular weight excluding hydrogens is 166 g/mol. The van der Waals surface area contributed by atoms with Gasteiger partial charge in [0.2, 0.25) is 0 Å². The molecule has 0 saturated carbocycles. The van der Waals surface area contributed by atoms with Gasteiger partial charge in [0, 0.05) is 18.5 Å². The van der Waals surface area contributed by atoms with E-state index >= 15 is 0 Å². The third kappa shape index (κ3) is 7.78. The fourth-order valence-corrected chi connectivity index (χ4v) is 1.43. The highest BCUT2D eigenvalue weighted by molar-refractivity contribution is 5.66. The molecule has 0 rings (SSSR count). The second-order valence-electron chi connectivity index (χ2n) is 3.69. The summed E-state index contributed by atoms with van der Waals surface area (Å²) in [6.45, 7) is 6.33. The Morgan fingerprint density at radius 1 is 1.31 bits per heavy atom. The number of aliphatic carboxylic acids is 1. The van der Waals surface area contributed by atoms with Crippen LogP contribution >= 0.6 is 0 Å². The topological polar surface area (TPSA) is 49.3 Å². The minimum atomic E-state index is -0.711. The van der Waals surface area contributed by atoms with Crippen molar-refractivity contribution in [1.82, 2.24) is 5.32 Å². The molecule has 3 heteroatoms. The van der Waals surface area contributed by atoms with E-state index in [4.69, 9.17) is 5.11 Å². The maximum absolute atomic E-state index is 10.3. The zero-order chi connectivity index (χ0) is 10.3. The molecule has 3 nitrogen and oxygen atoms in total. The van der Waals surface area contributed by atoms with E-state index in [1.165, 1.54) is 6.42 Å². The predicted octanol–water partition coefficient (Wildman–Crippen LogP) is 2.02. The molecule has 0 aromatic carbocycles. The monoisotopic (exact) mass is 187 g/mol. The first-order valence-corrected chi connectivity index (χ1v) is 5.04. The molecule has 0 saturated heterocycles. The average Bonchev–Trinajstić information content (AvgIpc) is 2.01. The minimum absolute atomic E-state index is 0.257. The second-order valence-corrected chi connectivity index (χ2v) is 3.69. The van der Waals surface area contributed by atoms with Crippen molar-refractivity contribution in [1.29, 1.82) is 0 Å². The van der Waals surface area contributed by atoms with Gasteiger partial charge in [0.25, 0.3) is 0 Å². The van der Waals surface area contributed by atoms with Crippen LogP contribution in [-0.4, -0.2) is 23.2 Å². The minimum Gasteiger partial charge on any atom is -0.481 e. The molecule has 13 heavy (non-hydrogen) atoms. The van der Waals surface area contributed by atoms with E-state index in [2.05, 4.69) is 19.2 Å². The fraction of sp³-hybridized carbons (Fsp3) is 0.900. The smallest absolute Gasteiger partial charge is 0.303 e. The first-order valence-electron chi connectivity index (χ1n) is 5.04. The van der Waals surface area contributed by atoms with Gasteiger partial charge in [0.15, 0.2) is 0 Å². The molecule has 0 fully saturated rings. The lowest BCUT2D eigenvalue weighted by atomic mass is 10.1. The Bertz CT molecular complexity index is 148. The van der Waals surface area contributed by atoms with Gasteiger partial charge in [0.05, 0.1) is 0 Å². The Kier molecular flexibility index (Phi) is 6.59. The Morgan fingerprint density at radius 2 is 1.85 bits per heavy atom. The summed E-state index contributed by atoms with van der Waals surface area (Å²) in [4.78, 5) is 10.3. The highest BCUT2D eigenvalue weighted by atomic mass is 16.4. The van der Waals surface area contributed by atoms with Crippen molar-refractivity contribution in [2.45, 2.75) is 58.5 Å². The maximum Gasteiger partial charge on any atom is 0.303 e. The summed E-state index contributed by atoms with van der Waals surface area (Å²) in [5, 5.41) is 11.8. The molecule has 0 aromatic rings. The number of hydrogen-bond donors (Lipinski definition) is 2. The Balaban J connectivity index is 3.48. The van der Waals surface area contributed by atoms with Crippen molar-refractivity contribution >= 4 is 5.97 Å². The van der Waals surface area contributed by atoms with Crippen molar-refractivity contribution < 1.29 is 9.90 Å². The van der Waals surface area contributed by atoms with Gasteiger partial charge in [-0.05, 0) is 26.7 Å². The summed E-state index contributed by atoms with van der Waals surface area (Å²) in [5.41, 5.74) is 0. The molecule has 0 heterocycles. The average molecular weight is 187 g/mol. The molecular formula is C10H21NO2. The summed E-state index contributed by atoms with van der Waals surface area (Å²) in [5.74, 6) is -0.711. The van der Waals surface area contributed by atoms with Gasteiger partial charge in [-0.25, -0.2) is 0 Å². The van der Waals surface area contributed by atoms with Crippen molar-refractivity contribution in [2.24, 2.45) is 0 Å². The predicted molar refractivity (Wildman–Crippen MR) is 53.8 cm³/mol. The van der Waals surface area contributed by atoms with Crippen LogP contribution in [0.15, 0.2) is 0 Å². The molecule has 0 aliphatic heterocycles. The molecule has 0 bridgehead atoms. The third-order valence-electron chi connectivity index (χ3n) is 2.08. The van der Waals surface area contributed by atoms with E-state index in [9.17, 15) is 4.79 Å². The molecule has 0 amide bonds.